The summed E-state index contributed by atoms with van der Waals surface area (Å²) in [6.07, 6.45) is 3.10. The number of hydrogen-bond donors (Lipinski definition) is 1. The quantitative estimate of drug-likeness (QED) is 0.581. The van der Waals surface area contributed by atoms with E-state index >= 15 is 0 Å². The van der Waals surface area contributed by atoms with E-state index in [1.54, 1.807) is 11.3 Å². The van der Waals surface area contributed by atoms with Crippen LogP contribution in [0, 0.1) is 0 Å². The summed E-state index contributed by atoms with van der Waals surface area (Å²) in [5.74, 6) is -0.174. The minimum absolute atomic E-state index is 0.174. The molecule has 5 heteroatoms. The number of hydrogen-bond acceptors (Lipinski definition) is 5. The third kappa shape index (κ3) is 4.93. The molecule has 0 aliphatic heterocycles. The Balaban J connectivity index is 1.63. The number of likely N-dealkylation sites (N-methyl/N-ethyl adjacent to an activating group) is 1. The Kier molecular flexibility index (Phi) is 5.36. The highest BCUT2D eigenvalue weighted by atomic mass is 32.1. The normalized spacial score (nSPS) is 14.9. The zero-order valence-electron chi connectivity index (χ0n) is 11.6. The molecule has 2 rings (SSSR count). The van der Waals surface area contributed by atoms with E-state index in [4.69, 9.17) is 0 Å². The molecule has 1 saturated carbocycles. The fraction of sp³-hybridized carbons (Fsp3) is 0.643. The van der Waals surface area contributed by atoms with E-state index in [0.29, 0.717) is 6.42 Å². The van der Waals surface area contributed by atoms with Gasteiger partial charge in [-0.25, -0.2) is 0 Å². The van der Waals surface area contributed by atoms with Crippen LogP contribution in [-0.4, -0.2) is 44.2 Å². The molecule has 1 aliphatic carbocycles. The molecule has 1 fully saturated rings. The van der Waals surface area contributed by atoms with Crippen molar-refractivity contribution in [2.24, 2.45) is 0 Å². The molecule has 19 heavy (non-hydrogen) atoms. The van der Waals surface area contributed by atoms with Crippen LogP contribution in [0.15, 0.2) is 12.1 Å². The molecule has 0 amide bonds. The van der Waals surface area contributed by atoms with Gasteiger partial charge in [0.15, 0.2) is 0 Å². The standard InChI is InChI=1S/C14H22N2O2S/c1-16(11-3-4-11)8-7-15-10-13-6-5-12(19-13)9-14(17)18-2/h5-6,11,15H,3-4,7-10H2,1-2H3. The van der Waals surface area contributed by atoms with Crippen LogP contribution in [0.3, 0.4) is 0 Å². The number of carbonyl (C=O) groups is 1. The molecule has 0 atom stereocenters. The van der Waals surface area contributed by atoms with Gasteiger partial charge in [-0.1, -0.05) is 0 Å². The van der Waals surface area contributed by atoms with E-state index < -0.39 is 0 Å². The number of esters is 1. The molecule has 0 bridgehead atoms. The topological polar surface area (TPSA) is 41.6 Å². The van der Waals surface area contributed by atoms with Gasteiger partial charge in [0.25, 0.3) is 0 Å². The molecule has 0 saturated heterocycles. The van der Waals surface area contributed by atoms with Gasteiger partial charge in [0.05, 0.1) is 13.5 Å². The molecule has 0 aromatic carbocycles. The van der Waals surface area contributed by atoms with Crippen LogP contribution < -0.4 is 5.32 Å². The minimum atomic E-state index is -0.174. The molecular formula is C14H22N2O2S. The second-order valence-electron chi connectivity index (χ2n) is 5.01. The summed E-state index contributed by atoms with van der Waals surface area (Å²) >= 11 is 1.68. The van der Waals surface area contributed by atoms with Gasteiger partial charge in [0.2, 0.25) is 0 Å². The van der Waals surface area contributed by atoms with E-state index in [1.807, 2.05) is 6.07 Å². The van der Waals surface area contributed by atoms with Crippen molar-refractivity contribution in [3.8, 4) is 0 Å². The summed E-state index contributed by atoms with van der Waals surface area (Å²) < 4.78 is 4.66. The summed E-state index contributed by atoms with van der Waals surface area (Å²) in [6.45, 7) is 2.99. The van der Waals surface area contributed by atoms with Crippen molar-refractivity contribution in [3.63, 3.8) is 0 Å². The Morgan fingerprint density at radius 1 is 1.47 bits per heavy atom. The van der Waals surface area contributed by atoms with Crippen molar-refractivity contribution in [1.29, 1.82) is 0 Å². The van der Waals surface area contributed by atoms with Crippen LogP contribution in [0.1, 0.15) is 22.6 Å². The Labute approximate surface area is 118 Å². The number of ether oxygens (including phenoxy) is 1. The molecule has 0 spiro atoms. The maximum absolute atomic E-state index is 11.2. The molecule has 0 radical (unpaired) electrons. The highest BCUT2D eigenvalue weighted by Gasteiger charge is 2.25. The fourth-order valence-electron chi connectivity index (χ4n) is 1.99. The zero-order chi connectivity index (χ0) is 13.7. The lowest BCUT2D eigenvalue weighted by Crippen LogP contribution is -2.30. The summed E-state index contributed by atoms with van der Waals surface area (Å²) in [7, 11) is 3.62. The van der Waals surface area contributed by atoms with Crippen molar-refractivity contribution in [1.82, 2.24) is 10.2 Å². The van der Waals surface area contributed by atoms with Gasteiger partial charge in [-0.3, -0.25) is 4.79 Å². The van der Waals surface area contributed by atoms with Crippen molar-refractivity contribution in [3.05, 3.63) is 21.9 Å². The summed E-state index contributed by atoms with van der Waals surface area (Å²) in [5, 5.41) is 3.45. The van der Waals surface area contributed by atoms with E-state index in [1.165, 1.54) is 24.8 Å². The second-order valence-corrected chi connectivity index (χ2v) is 6.26. The Morgan fingerprint density at radius 3 is 2.89 bits per heavy atom. The molecule has 1 aromatic heterocycles. The van der Waals surface area contributed by atoms with Crippen LogP contribution in [0.25, 0.3) is 0 Å². The third-order valence-electron chi connectivity index (χ3n) is 3.37. The van der Waals surface area contributed by atoms with Gasteiger partial charge in [-0.15, -0.1) is 11.3 Å². The monoisotopic (exact) mass is 282 g/mol. The highest BCUT2D eigenvalue weighted by molar-refractivity contribution is 7.12. The van der Waals surface area contributed by atoms with Gasteiger partial charge in [-0.05, 0) is 32.0 Å². The first-order chi connectivity index (χ1) is 9.19. The summed E-state index contributed by atoms with van der Waals surface area (Å²) in [6, 6.07) is 4.92. The van der Waals surface area contributed by atoms with Crippen LogP contribution in [0.2, 0.25) is 0 Å². The third-order valence-corrected chi connectivity index (χ3v) is 4.46. The van der Waals surface area contributed by atoms with E-state index in [-0.39, 0.29) is 5.97 Å². The SMILES string of the molecule is COC(=O)Cc1ccc(CNCCN(C)C2CC2)s1. The lowest BCUT2D eigenvalue weighted by atomic mass is 10.3. The second kappa shape index (κ2) is 7.03. The maximum atomic E-state index is 11.2. The molecule has 1 aliphatic rings. The van der Waals surface area contributed by atoms with E-state index in [9.17, 15) is 4.79 Å². The lowest BCUT2D eigenvalue weighted by Gasteiger charge is -2.15. The van der Waals surface area contributed by atoms with E-state index in [0.717, 1.165) is 30.6 Å². The van der Waals surface area contributed by atoms with Gasteiger partial charge in [0, 0.05) is 35.4 Å². The van der Waals surface area contributed by atoms with Crippen molar-refractivity contribution < 1.29 is 9.53 Å². The first-order valence-corrected chi connectivity index (χ1v) is 7.56. The molecule has 1 heterocycles. The average molecular weight is 282 g/mol. The zero-order valence-corrected chi connectivity index (χ0v) is 12.5. The average Bonchev–Trinajstić information content (AvgIpc) is 3.17. The van der Waals surface area contributed by atoms with Crippen LogP contribution in [0.4, 0.5) is 0 Å². The first-order valence-electron chi connectivity index (χ1n) is 6.74. The van der Waals surface area contributed by atoms with Gasteiger partial charge < -0.3 is 15.0 Å². The minimum Gasteiger partial charge on any atom is -0.469 e. The van der Waals surface area contributed by atoms with Gasteiger partial charge >= 0.3 is 5.97 Å². The Bertz CT molecular complexity index is 415. The first kappa shape index (κ1) is 14.5. The van der Waals surface area contributed by atoms with Gasteiger partial charge in [0.1, 0.15) is 0 Å². The molecule has 0 unspecified atom stereocenters. The molecule has 4 nitrogen and oxygen atoms in total. The van der Waals surface area contributed by atoms with Crippen LogP contribution in [-0.2, 0) is 22.5 Å². The summed E-state index contributed by atoms with van der Waals surface area (Å²) in [4.78, 5) is 15.9. The largest absolute Gasteiger partial charge is 0.469 e. The number of methoxy groups -OCH3 is 1. The predicted molar refractivity (Wildman–Crippen MR) is 77.4 cm³/mol. The Morgan fingerprint density at radius 2 is 2.21 bits per heavy atom. The van der Waals surface area contributed by atoms with Gasteiger partial charge in [-0.2, -0.15) is 0 Å². The smallest absolute Gasteiger partial charge is 0.310 e. The number of carbonyl (C=O) groups excluding carboxylic acids is 1. The number of nitrogens with one attached hydrogen (secondary N) is 1. The van der Waals surface area contributed by atoms with Crippen molar-refractivity contribution in [2.75, 3.05) is 27.2 Å². The molecule has 1 aromatic rings. The predicted octanol–water partition coefficient (Wildman–Crippen LogP) is 1.65. The van der Waals surface area contributed by atoms with Crippen LogP contribution in [0.5, 0.6) is 0 Å². The van der Waals surface area contributed by atoms with Crippen molar-refractivity contribution >= 4 is 17.3 Å². The number of thiophene rings is 1. The Hall–Kier alpha value is -0.910. The highest BCUT2D eigenvalue weighted by Crippen LogP contribution is 2.24. The lowest BCUT2D eigenvalue weighted by molar-refractivity contribution is -0.139. The molecular weight excluding hydrogens is 260 g/mol. The number of nitrogens with zero attached hydrogens (tertiary/aromatic N) is 1. The van der Waals surface area contributed by atoms with E-state index in [2.05, 4.69) is 28.1 Å². The van der Waals surface area contributed by atoms with Crippen LogP contribution >= 0.6 is 11.3 Å². The summed E-state index contributed by atoms with van der Waals surface area (Å²) in [5.41, 5.74) is 0. The number of rotatable bonds is 8. The fourth-order valence-corrected chi connectivity index (χ4v) is 2.96. The maximum Gasteiger partial charge on any atom is 0.310 e. The molecule has 1 N–H and O–H groups in total. The molecule has 106 valence electrons. The van der Waals surface area contributed by atoms with Crippen molar-refractivity contribution in [2.45, 2.75) is 31.8 Å².